The van der Waals surface area contributed by atoms with E-state index in [0.717, 1.165) is 0 Å². The molecule has 0 radical (unpaired) electrons. The number of aryl methyl sites for hydroxylation is 1. The van der Waals surface area contributed by atoms with Crippen LogP contribution in [0, 0.1) is 0 Å². The zero-order valence-corrected chi connectivity index (χ0v) is 15.0. The summed E-state index contributed by atoms with van der Waals surface area (Å²) in [6.07, 6.45) is 0.954. The molecule has 1 aliphatic carbocycles. The zero-order valence-electron chi connectivity index (χ0n) is 11.9. The summed E-state index contributed by atoms with van der Waals surface area (Å²) in [6.45, 7) is 0. The van der Waals surface area contributed by atoms with Crippen molar-refractivity contribution in [2.24, 2.45) is 0 Å². The van der Waals surface area contributed by atoms with Crippen LogP contribution in [0.4, 0.5) is 5.69 Å². The Morgan fingerprint density at radius 2 is 1.91 bits per heavy atom. The van der Waals surface area contributed by atoms with Crippen LogP contribution < -0.4 is 11.4 Å². The molecule has 2 N–H and O–H groups in total. The maximum atomic E-state index is 12.8. The first-order valence-corrected chi connectivity index (χ1v) is 9.61. The second-order valence-corrected chi connectivity index (χ2v) is 8.84. The summed E-state index contributed by atoms with van der Waals surface area (Å²) < 4.78 is 30.9. The summed E-state index contributed by atoms with van der Waals surface area (Å²) in [7, 11) is -3.51. The molecule has 2 aromatic rings. The largest absolute Gasteiger partial charge is 0.427 e. The van der Waals surface area contributed by atoms with Gasteiger partial charge in [0.25, 0.3) is 0 Å². The van der Waals surface area contributed by atoms with Gasteiger partial charge in [0, 0.05) is 17.0 Å². The van der Waals surface area contributed by atoms with Crippen LogP contribution in [0.25, 0.3) is 0 Å². The molecule has 1 heterocycles. The number of hydrogen-bond donors (Lipinski definition) is 1. The lowest BCUT2D eigenvalue weighted by Gasteiger charge is -2.24. The lowest BCUT2D eigenvalue weighted by Crippen LogP contribution is -2.30. The summed E-state index contributed by atoms with van der Waals surface area (Å²) in [5, 5.41) is -0.133. The van der Waals surface area contributed by atoms with Gasteiger partial charge in [0.15, 0.2) is 9.84 Å². The molecule has 0 spiro atoms. The van der Waals surface area contributed by atoms with Crippen molar-refractivity contribution in [3.63, 3.8) is 0 Å². The van der Waals surface area contributed by atoms with E-state index in [9.17, 15) is 13.2 Å². The maximum Gasteiger partial charge on any atom is 0.352 e. The Kier molecular flexibility index (Phi) is 4.29. The number of anilines is 1. The summed E-state index contributed by atoms with van der Waals surface area (Å²) in [6, 6.07) is 6.10. The molecule has 0 fully saturated rings. The Morgan fingerprint density at radius 3 is 2.57 bits per heavy atom. The molecule has 0 bridgehead atoms. The number of rotatable bonds is 2. The smallest absolute Gasteiger partial charge is 0.352 e. The van der Waals surface area contributed by atoms with E-state index in [2.05, 4.69) is 15.9 Å². The summed E-state index contributed by atoms with van der Waals surface area (Å²) >= 11 is 8.90. The molecular formula is C15H13BrClNO4S. The summed E-state index contributed by atoms with van der Waals surface area (Å²) in [5.74, 6) is 0.471. The molecule has 1 aromatic carbocycles. The minimum Gasteiger partial charge on any atom is -0.427 e. The molecule has 5 nitrogen and oxygen atoms in total. The first-order chi connectivity index (χ1) is 10.8. The predicted molar refractivity (Wildman–Crippen MR) is 91.5 cm³/mol. The molecule has 23 heavy (non-hydrogen) atoms. The SMILES string of the molecule is Nc1c2c(oc(=O)c1Br)CCC(S(=O)(=O)c1ccc(Cl)cc1)C2. The van der Waals surface area contributed by atoms with Crippen molar-refractivity contribution in [2.45, 2.75) is 29.4 Å². The van der Waals surface area contributed by atoms with Crippen LogP contribution >= 0.6 is 27.5 Å². The Labute approximate surface area is 146 Å². The average Bonchev–Trinajstić information content (AvgIpc) is 2.53. The second-order valence-electron chi connectivity index (χ2n) is 5.38. The van der Waals surface area contributed by atoms with Gasteiger partial charge in [-0.15, -0.1) is 0 Å². The summed E-state index contributed by atoms with van der Waals surface area (Å²) in [4.78, 5) is 11.8. The normalized spacial score (nSPS) is 17.7. The monoisotopic (exact) mass is 417 g/mol. The van der Waals surface area contributed by atoms with Crippen molar-refractivity contribution in [3.05, 3.63) is 55.5 Å². The quantitative estimate of drug-likeness (QED) is 0.809. The minimum absolute atomic E-state index is 0.140. The van der Waals surface area contributed by atoms with Crippen molar-refractivity contribution < 1.29 is 12.8 Å². The molecular weight excluding hydrogens is 406 g/mol. The number of sulfone groups is 1. The van der Waals surface area contributed by atoms with E-state index in [1.165, 1.54) is 12.1 Å². The van der Waals surface area contributed by atoms with Crippen LogP contribution in [0.3, 0.4) is 0 Å². The Bertz CT molecular complexity index is 922. The fourth-order valence-corrected chi connectivity index (χ4v) is 4.90. The van der Waals surface area contributed by atoms with Gasteiger partial charge < -0.3 is 10.2 Å². The van der Waals surface area contributed by atoms with Gasteiger partial charge in [-0.3, -0.25) is 0 Å². The van der Waals surface area contributed by atoms with Crippen molar-refractivity contribution >= 4 is 43.1 Å². The van der Waals surface area contributed by atoms with Crippen LogP contribution in [0.2, 0.25) is 5.02 Å². The fraction of sp³-hybridized carbons (Fsp3) is 0.267. The number of halogens is 2. The number of hydrogen-bond acceptors (Lipinski definition) is 5. The van der Waals surface area contributed by atoms with Gasteiger partial charge in [0.05, 0.1) is 15.8 Å². The average molecular weight is 419 g/mol. The van der Waals surface area contributed by atoms with Crippen LogP contribution in [-0.4, -0.2) is 13.7 Å². The molecule has 1 unspecified atom stereocenters. The van der Waals surface area contributed by atoms with E-state index >= 15 is 0 Å². The van der Waals surface area contributed by atoms with Gasteiger partial charge >= 0.3 is 5.63 Å². The van der Waals surface area contributed by atoms with Gasteiger partial charge in [0.1, 0.15) is 10.2 Å². The van der Waals surface area contributed by atoms with Crippen LogP contribution in [0.15, 0.2) is 42.8 Å². The lowest BCUT2D eigenvalue weighted by atomic mass is 9.95. The molecule has 1 atom stereocenters. The third kappa shape index (κ3) is 2.93. The molecule has 0 saturated carbocycles. The van der Waals surface area contributed by atoms with Crippen molar-refractivity contribution in [1.82, 2.24) is 0 Å². The highest BCUT2D eigenvalue weighted by molar-refractivity contribution is 9.10. The van der Waals surface area contributed by atoms with Crippen molar-refractivity contribution in [3.8, 4) is 0 Å². The molecule has 8 heteroatoms. The molecule has 0 saturated heterocycles. The Balaban J connectivity index is 2.00. The molecule has 122 valence electrons. The van der Waals surface area contributed by atoms with E-state index in [1.807, 2.05) is 0 Å². The van der Waals surface area contributed by atoms with E-state index < -0.39 is 20.7 Å². The summed E-state index contributed by atoms with van der Waals surface area (Å²) in [5.41, 5.74) is 6.25. The van der Waals surface area contributed by atoms with Crippen molar-refractivity contribution in [2.75, 3.05) is 5.73 Å². The van der Waals surface area contributed by atoms with E-state index in [0.29, 0.717) is 29.2 Å². The fourth-order valence-electron chi connectivity index (χ4n) is 2.74. The van der Waals surface area contributed by atoms with Gasteiger partial charge in [-0.2, -0.15) is 0 Å². The number of nitrogens with two attached hydrogens (primary N) is 1. The highest BCUT2D eigenvalue weighted by Crippen LogP contribution is 2.34. The first kappa shape index (κ1) is 16.5. The lowest BCUT2D eigenvalue weighted by molar-refractivity contribution is 0.425. The third-order valence-corrected chi connectivity index (χ3v) is 7.21. The highest BCUT2D eigenvalue weighted by atomic mass is 79.9. The van der Waals surface area contributed by atoms with E-state index in [1.54, 1.807) is 12.1 Å². The molecule has 0 aliphatic heterocycles. The van der Waals surface area contributed by atoms with Crippen molar-refractivity contribution in [1.29, 1.82) is 0 Å². The number of nitrogen functional groups attached to an aromatic ring is 1. The topological polar surface area (TPSA) is 90.4 Å². The highest BCUT2D eigenvalue weighted by Gasteiger charge is 2.34. The molecule has 1 aliphatic rings. The molecule has 3 rings (SSSR count). The van der Waals surface area contributed by atoms with Gasteiger partial charge in [0.2, 0.25) is 0 Å². The minimum atomic E-state index is -3.51. The van der Waals surface area contributed by atoms with Crippen LogP contribution in [-0.2, 0) is 22.7 Å². The third-order valence-electron chi connectivity index (χ3n) is 4.00. The van der Waals surface area contributed by atoms with Gasteiger partial charge in [-0.25, -0.2) is 13.2 Å². The Hall–Kier alpha value is -1.31. The number of fused-ring (bicyclic) bond motifs is 1. The van der Waals surface area contributed by atoms with Gasteiger partial charge in [-0.05, 0) is 53.0 Å². The first-order valence-electron chi connectivity index (χ1n) is 6.90. The Morgan fingerprint density at radius 1 is 1.26 bits per heavy atom. The van der Waals surface area contributed by atoms with E-state index in [4.69, 9.17) is 21.8 Å². The standard InChI is InChI=1S/C15H13BrClNO4S/c16-13-14(18)11-7-10(5-6-12(11)22-15(13)19)23(20,21)9-3-1-8(17)2-4-9/h1-4,10H,5-7,18H2. The van der Waals surface area contributed by atoms with Crippen LogP contribution in [0.1, 0.15) is 17.7 Å². The second kappa shape index (κ2) is 5.96. The van der Waals surface area contributed by atoms with Crippen LogP contribution in [0.5, 0.6) is 0 Å². The number of benzene rings is 1. The molecule has 1 aromatic heterocycles. The van der Waals surface area contributed by atoms with E-state index in [-0.39, 0.29) is 21.5 Å². The molecule has 0 amide bonds. The maximum absolute atomic E-state index is 12.8. The zero-order chi connectivity index (χ0) is 16.8. The predicted octanol–water partition coefficient (Wildman–Crippen LogP) is 2.97. The van der Waals surface area contributed by atoms with Gasteiger partial charge in [-0.1, -0.05) is 11.6 Å².